The average molecular weight is 804 g/mol. The zero-order valence-electron chi connectivity index (χ0n) is 34.1. The Morgan fingerprint density at radius 1 is 0.945 bits per heavy atom. The van der Waals surface area contributed by atoms with E-state index in [0.29, 0.717) is 45.1 Å². The molecule has 1 aromatic rings. The summed E-state index contributed by atoms with van der Waals surface area (Å²) < 4.78 is 26.0. The van der Waals surface area contributed by atoms with Crippen molar-refractivity contribution in [2.45, 2.75) is 167 Å². The molecule has 2 heterocycles. The number of hydrogen-bond donors (Lipinski definition) is 4. The fraction of sp³-hybridized carbons (Fsp3) is 0.780. The van der Waals surface area contributed by atoms with Crippen molar-refractivity contribution in [2.24, 2.45) is 22.7 Å². The average Bonchev–Trinajstić information content (AvgIpc) is 3.54. The Hall–Kier alpha value is -3.00. The van der Waals surface area contributed by atoms with E-state index in [2.05, 4.69) is 35.1 Å². The number of likely N-dealkylation sites (tertiary alicyclic amines) is 1. The van der Waals surface area contributed by atoms with Crippen LogP contribution in [0.25, 0.3) is 0 Å². The van der Waals surface area contributed by atoms with Crippen molar-refractivity contribution in [3.05, 3.63) is 22.4 Å². The van der Waals surface area contributed by atoms with Gasteiger partial charge in [-0.3, -0.25) is 19.2 Å². The number of urea groups is 1. The molecule has 0 aromatic carbocycles. The lowest BCUT2D eigenvalue weighted by atomic mass is 9.70. The fourth-order valence-corrected chi connectivity index (χ4v) is 11.6. The van der Waals surface area contributed by atoms with E-state index < -0.39 is 67.3 Å². The molecule has 0 spiro atoms. The number of rotatable bonds is 15. The number of amides is 5. The van der Waals surface area contributed by atoms with Gasteiger partial charge in [-0.25, -0.2) is 13.2 Å². The largest absolute Gasteiger partial charge is 0.345 e. The number of nitrogens with zero attached hydrogens (tertiary/aromatic N) is 1. The van der Waals surface area contributed by atoms with Gasteiger partial charge in [0.25, 0.3) is 5.91 Å². The number of fused-ring (bicyclic) bond motifs is 1. The molecule has 3 saturated carbocycles. The van der Waals surface area contributed by atoms with E-state index in [1.54, 1.807) is 25.7 Å². The smallest absolute Gasteiger partial charge is 0.315 e. The Bertz CT molecular complexity index is 1670. The standard InChI is InChI=1S/C41H65N5O7S2/c1-8-9-18-29(32(47)35(49)42-24-27-17-16-23-54-27)43-34(48)31-30-28(39(30,5)6)25-46(31)36(50)33(40(7)19-12-10-13-20-40)44-37(51)45-41(21-14-11-15-22-41)26-55(52,53)38(2,3)4/h16-17,23,28-31,33H,8-15,18-22,24-26H2,1-7H3,(H,42,49)(H,43,48)(H2,44,45,51)/t28-,29-,30-,31-,33+/m0/s1. The Morgan fingerprint density at radius 2 is 1.58 bits per heavy atom. The summed E-state index contributed by atoms with van der Waals surface area (Å²) in [6, 6.07) is 0.301. The van der Waals surface area contributed by atoms with Gasteiger partial charge in [-0.1, -0.05) is 85.1 Å². The number of piperidine rings is 1. The Labute approximate surface area is 332 Å². The van der Waals surface area contributed by atoms with Gasteiger partial charge in [0, 0.05) is 11.4 Å². The first-order valence-corrected chi connectivity index (χ1v) is 23.0. The molecule has 12 nitrogen and oxygen atoms in total. The minimum atomic E-state index is -3.57. The molecule has 4 N–H and O–H groups in total. The van der Waals surface area contributed by atoms with E-state index in [1.165, 1.54) is 11.3 Å². The topological polar surface area (TPSA) is 171 Å². The molecule has 1 aromatic heterocycles. The molecular formula is C41H65N5O7S2. The maximum atomic E-state index is 15.0. The molecule has 55 heavy (non-hydrogen) atoms. The number of sulfone groups is 1. The highest BCUT2D eigenvalue weighted by molar-refractivity contribution is 7.92. The van der Waals surface area contributed by atoms with E-state index >= 15 is 0 Å². The summed E-state index contributed by atoms with van der Waals surface area (Å²) in [6.45, 7) is 13.8. The number of hydrogen-bond acceptors (Lipinski definition) is 8. The van der Waals surface area contributed by atoms with Gasteiger partial charge in [-0.2, -0.15) is 0 Å². The van der Waals surface area contributed by atoms with Gasteiger partial charge < -0.3 is 26.2 Å². The van der Waals surface area contributed by atoms with E-state index in [4.69, 9.17) is 0 Å². The van der Waals surface area contributed by atoms with E-state index in [1.807, 2.05) is 31.4 Å². The minimum absolute atomic E-state index is 0.0628. The van der Waals surface area contributed by atoms with Crippen LogP contribution >= 0.6 is 11.3 Å². The Balaban J connectivity index is 1.38. The van der Waals surface area contributed by atoms with Crippen molar-refractivity contribution in [2.75, 3.05) is 12.3 Å². The normalized spacial score (nSPS) is 25.1. The second-order valence-corrected chi connectivity index (χ2v) is 22.5. The van der Waals surface area contributed by atoms with Gasteiger partial charge in [0.1, 0.15) is 12.1 Å². The number of carbonyl (C=O) groups excluding carboxylic acids is 5. The van der Waals surface area contributed by atoms with E-state index in [9.17, 15) is 32.4 Å². The lowest BCUT2D eigenvalue weighted by Gasteiger charge is -2.44. The molecule has 0 radical (unpaired) electrons. The van der Waals surface area contributed by atoms with Crippen molar-refractivity contribution >= 4 is 50.7 Å². The monoisotopic (exact) mass is 803 g/mol. The second kappa shape index (κ2) is 16.8. The third kappa shape index (κ3) is 9.59. The predicted octanol–water partition coefficient (Wildman–Crippen LogP) is 5.65. The first-order chi connectivity index (χ1) is 25.8. The Kier molecular flexibility index (Phi) is 13.2. The van der Waals surface area contributed by atoms with Crippen LogP contribution in [-0.2, 0) is 35.6 Å². The maximum Gasteiger partial charge on any atom is 0.315 e. The third-order valence-electron chi connectivity index (χ3n) is 13.3. The van der Waals surface area contributed by atoms with Gasteiger partial charge in [0.2, 0.25) is 17.6 Å². The minimum Gasteiger partial charge on any atom is -0.345 e. The Morgan fingerprint density at radius 3 is 2.16 bits per heavy atom. The molecule has 4 fully saturated rings. The van der Waals surface area contributed by atoms with E-state index in [0.717, 1.165) is 49.8 Å². The van der Waals surface area contributed by atoms with Crippen molar-refractivity contribution in [3.63, 3.8) is 0 Å². The second-order valence-electron chi connectivity index (χ2n) is 18.7. The summed E-state index contributed by atoms with van der Waals surface area (Å²) >= 11 is 1.47. The number of thiophene rings is 1. The van der Waals surface area contributed by atoms with Gasteiger partial charge in [-0.05, 0) is 87.0 Å². The van der Waals surface area contributed by atoms with Crippen LogP contribution in [0.3, 0.4) is 0 Å². The number of Topliss-reactive ketones (excluding diaryl/α,β-unsaturated/α-hetero) is 1. The number of nitrogens with one attached hydrogen (secondary N) is 4. The van der Waals surface area contributed by atoms with Gasteiger partial charge >= 0.3 is 6.03 Å². The van der Waals surface area contributed by atoms with Crippen LogP contribution in [0, 0.1) is 22.7 Å². The lowest BCUT2D eigenvalue weighted by Crippen LogP contribution is -2.65. The van der Waals surface area contributed by atoms with Crippen LogP contribution in [0.1, 0.15) is 137 Å². The van der Waals surface area contributed by atoms with Crippen molar-refractivity contribution in [3.8, 4) is 0 Å². The summed E-state index contributed by atoms with van der Waals surface area (Å²) in [5.74, 6) is -2.53. The summed E-state index contributed by atoms with van der Waals surface area (Å²) in [5.41, 5.74) is -1.75. The fourth-order valence-electron chi connectivity index (χ4n) is 9.44. The molecule has 5 atom stereocenters. The molecule has 4 aliphatic rings. The summed E-state index contributed by atoms with van der Waals surface area (Å²) in [4.78, 5) is 72.6. The molecule has 3 aliphatic carbocycles. The summed E-state index contributed by atoms with van der Waals surface area (Å²) in [6.07, 6.45) is 9.53. The zero-order valence-corrected chi connectivity index (χ0v) is 35.7. The van der Waals surface area contributed by atoms with Crippen molar-refractivity contribution in [1.82, 2.24) is 26.2 Å². The van der Waals surface area contributed by atoms with Crippen LogP contribution in [0.2, 0.25) is 0 Å². The molecule has 308 valence electrons. The van der Waals surface area contributed by atoms with E-state index in [-0.39, 0.29) is 35.5 Å². The highest BCUT2D eigenvalue weighted by Gasteiger charge is 2.70. The summed E-state index contributed by atoms with van der Waals surface area (Å²) in [7, 11) is -3.57. The first-order valence-electron chi connectivity index (χ1n) is 20.5. The molecule has 5 amide bonds. The zero-order chi connectivity index (χ0) is 40.4. The first kappa shape index (κ1) is 43.1. The van der Waals surface area contributed by atoms with Gasteiger partial charge in [0.15, 0.2) is 9.84 Å². The molecular weight excluding hydrogens is 739 g/mol. The van der Waals surface area contributed by atoms with Crippen molar-refractivity contribution in [1.29, 1.82) is 0 Å². The SMILES string of the molecule is CCCC[C@H](NC(=O)[C@@H]1[C@@H]2[C@H](CN1C(=O)[C@@H](NC(=O)NC1(CS(=O)(=O)C(C)(C)C)CCCCC1)C1(C)CCCCC1)C2(C)C)C(=O)C(=O)NCc1cccs1. The molecule has 14 heteroatoms. The molecule has 0 bridgehead atoms. The molecule has 1 aliphatic heterocycles. The number of carbonyl (C=O) groups is 5. The number of unbranched alkanes of at least 4 members (excludes halogenated alkanes) is 1. The lowest BCUT2D eigenvalue weighted by molar-refractivity contribution is -0.146. The van der Waals surface area contributed by atoms with Crippen LogP contribution < -0.4 is 21.3 Å². The van der Waals surface area contributed by atoms with Gasteiger partial charge in [0.05, 0.1) is 28.6 Å². The van der Waals surface area contributed by atoms with Crippen LogP contribution in [0.4, 0.5) is 4.79 Å². The molecule has 1 saturated heterocycles. The quantitative estimate of drug-likeness (QED) is 0.166. The predicted molar refractivity (Wildman–Crippen MR) is 215 cm³/mol. The van der Waals surface area contributed by atoms with Gasteiger partial charge in [-0.15, -0.1) is 11.3 Å². The highest BCUT2D eigenvalue weighted by atomic mass is 32.2. The highest BCUT2D eigenvalue weighted by Crippen LogP contribution is 2.65. The molecule has 5 rings (SSSR count). The number of ketones is 1. The van der Waals surface area contributed by atoms with Crippen LogP contribution in [0.5, 0.6) is 0 Å². The van der Waals surface area contributed by atoms with Crippen LogP contribution in [-0.4, -0.2) is 83.6 Å². The van der Waals surface area contributed by atoms with Crippen molar-refractivity contribution < 1.29 is 32.4 Å². The van der Waals surface area contributed by atoms with Crippen LogP contribution in [0.15, 0.2) is 17.5 Å². The molecule has 0 unspecified atom stereocenters. The maximum absolute atomic E-state index is 15.0. The third-order valence-corrected chi connectivity index (χ3v) is 16.9. The summed E-state index contributed by atoms with van der Waals surface area (Å²) in [5, 5.41) is 13.7.